The Bertz CT molecular complexity index is 1430. The fourth-order valence-electron chi connectivity index (χ4n) is 4.88. The van der Waals surface area contributed by atoms with Crippen LogP contribution >= 0.6 is 21.6 Å². The first-order valence-electron chi connectivity index (χ1n) is 14.1. The van der Waals surface area contributed by atoms with Gasteiger partial charge in [-0.1, -0.05) is 64.6 Å². The van der Waals surface area contributed by atoms with Gasteiger partial charge < -0.3 is 25.0 Å². The lowest BCUT2D eigenvalue weighted by molar-refractivity contribution is -0.144. The van der Waals surface area contributed by atoms with Crippen molar-refractivity contribution in [2.45, 2.75) is 57.0 Å². The predicted molar refractivity (Wildman–Crippen MR) is 170 cm³/mol. The zero-order valence-electron chi connectivity index (χ0n) is 24.7. The summed E-state index contributed by atoms with van der Waals surface area (Å²) in [6.45, 7) is 7.73. The van der Waals surface area contributed by atoms with Crippen molar-refractivity contribution in [3.63, 3.8) is 0 Å². The summed E-state index contributed by atoms with van der Waals surface area (Å²) >= 11 is 0. The Morgan fingerprint density at radius 2 is 1.91 bits per heavy atom. The highest BCUT2D eigenvalue weighted by molar-refractivity contribution is 8.77. The van der Waals surface area contributed by atoms with Crippen molar-refractivity contribution in [3.05, 3.63) is 77.5 Å². The number of carboxylic acid groups (broad SMARTS) is 1. The summed E-state index contributed by atoms with van der Waals surface area (Å²) in [4.78, 5) is 65.2. The molecule has 1 atom stereocenters. The molecule has 11 nitrogen and oxygen atoms in total. The molecule has 1 fully saturated rings. The number of piperidine rings is 1. The van der Waals surface area contributed by atoms with Gasteiger partial charge in [-0.15, -0.1) is 0 Å². The fraction of sp³-hybridized carbons (Fsp3) is 0.387. The fourth-order valence-corrected chi connectivity index (χ4v) is 7.25. The first kappa shape index (κ1) is 32.9. The molecule has 3 N–H and O–H groups in total. The van der Waals surface area contributed by atoms with Gasteiger partial charge in [-0.05, 0) is 44.4 Å². The smallest absolute Gasteiger partial charge is 0.411 e. The zero-order chi connectivity index (χ0) is 31.9. The normalized spacial score (nSPS) is 16.3. The molecule has 0 spiro atoms. The average Bonchev–Trinajstić information content (AvgIpc) is 3.31. The van der Waals surface area contributed by atoms with Crippen LogP contribution in [0.3, 0.4) is 0 Å². The van der Waals surface area contributed by atoms with Crippen LogP contribution in [0, 0.1) is 0 Å². The first-order valence-corrected chi connectivity index (χ1v) is 16.4. The van der Waals surface area contributed by atoms with Gasteiger partial charge >= 0.3 is 12.1 Å². The third-order valence-electron chi connectivity index (χ3n) is 7.06. The van der Waals surface area contributed by atoms with E-state index in [1.54, 1.807) is 18.2 Å². The van der Waals surface area contributed by atoms with Crippen LogP contribution in [-0.4, -0.2) is 74.4 Å². The van der Waals surface area contributed by atoms with E-state index < -0.39 is 22.9 Å². The number of nitrogens with zero attached hydrogens (tertiary/aromatic N) is 2. The lowest BCUT2D eigenvalue weighted by Crippen LogP contribution is -2.49. The van der Waals surface area contributed by atoms with Crippen molar-refractivity contribution in [3.8, 4) is 0 Å². The Morgan fingerprint density at radius 1 is 1.16 bits per heavy atom. The second kappa shape index (κ2) is 14.7. The second-order valence-corrected chi connectivity index (χ2v) is 14.3. The molecule has 4 amide bonds. The molecule has 0 radical (unpaired) electrons. The number of rotatable bonds is 13. The lowest BCUT2D eigenvalue weighted by atomic mass is 10.0. The quantitative estimate of drug-likeness (QED) is 0.210. The van der Waals surface area contributed by atoms with Crippen molar-refractivity contribution < 1.29 is 33.8 Å². The molecule has 0 saturated carbocycles. The molecule has 0 aliphatic carbocycles. The van der Waals surface area contributed by atoms with E-state index >= 15 is 0 Å². The number of hydrogen-bond acceptors (Lipinski definition) is 8. The molecule has 4 rings (SSSR count). The van der Waals surface area contributed by atoms with Crippen molar-refractivity contribution in [1.82, 2.24) is 15.1 Å². The maximum Gasteiger partial charge on any atom is 0.411 e. The SMILES string of the molecule is C=C1CCC(N2Cc3c(NC(=O)OCC(C)(C)SSCCC(=O)N(CC(=O)O)Cc4ccccc4)cccc3C2=O)C(=O)N1. The molecule has 1 saturated heterocycles. The number of benzene rings is 2. The summed E-state index contributed by atoms with van der Waals surface area (Å²) < 4.78 is 5.01. The van der Waals surface area contributed by atoms with Gasteiger partial charge in [0.15, 0.2) is 0 Å². The molecular formula is C31H36N4O7S2. The Hall–Kier alpha value is -3.97. The summed E-state index contributed by atoms with van der Waals surface area (Å²) in [5.74, 6) is -1.38. The number of allylic oxidation sites excluding steroid dienone is 1. The van der Waals surface area contributed by atoms with Crippen molar-refractivity contribution in [1.29, 1.82) is 0 Å². The van der Waals surface area contributed by atoms with Crippen LogP contribution in [0.4, 0.5) is 10.5 Å². The van der Waals surface area contributed by atoms with Crippen LogP contribution in [0.25, 0.3) is 0 Å². The van der Waals surface area contributed by atoms with Gasteiger partial charge in [0.2, 0.25) is 11.8 Å². The Morgan fingerprint density at radius 3 is 2.61 bits per heavy atom. The van der Waals surface area contributed by atoms with Crippen LogP contribution in [0.2, 0.25) is 0 Å². The number of hydrogen-bond donors (Lipinski definition) is 3. The molecule has 2 heterocycles. The van der Waals surface area contributed by atoms with Gasteiger partial charge in [0.05, 0.1) is 4.75 Å². The van der Waals surface area contributed by atoms with Crippen LogP contribution < -0.4 is 10.6 Å². The van der Waals surface area contributed by atoms with Gasteiger partial charge in [0.25, 0.3) is 5.91 Å². The van der Waals surface area contributed by atoms with Gasteiger partial charge in [-0.25, -0.2) is 4.79 Å². The van der Waals surface area contributed by atoms with E-state index in [9.17, 15) is 29.1 Å². The Kier molecular flexibility index (Phi) is 11.0. The lowest BCUT2D eigenvalue weighted by Gasteiger charge is -2.31. The highest BCUT2D eigenvalue weighted by Gasteiger charge is 2.39. The molecule has 0 bridgehead atoms. The summed E-state index contributed by atoms with van der Waals surface area (Å²) in [6.07, 6.45) is 0.576. The Labute approximate surface area is 264 Å². The molecule has 2 aliphatic rings. The van der Waals surface area contributed by atoms with Crippen molar-refractivity contribution >= 4 is 57.1 Å². The number of fused-ring (bicyclic) bond motifs is 1. The van der Waals surface area contributed by atoms with E-state index in [2.05, 4.69) is 17.2 Å². The Balaban J connectivity index is 1.23. The minimum atomic E-state index is -1.07. The van der Waals surface area contributed by atoms with Crippen LogP contribution in [-0.2, 0) is 32.2 Å². The summed E-state index contributed by atoms with van der Waals surface area (Å²) in [6, 6.07) is 13.7. The van der Waals surface area contributed by atoms with Crippen LogP contribution in [0.5, 0.6) is 0 Å². The van der Waals surface area contributed by atoms with E-state index in [-0.39, 0.29) is 50.4 Å². The number of nitrogens with one attached hydrogen (secondary N) is 2. The first-order chi connectivity index (χ1) is 20.9. The number of carbonyl (C=O) groups is 5. The topological polar surface area (TPSA) is 145 Å². The van der Waals surface area contributed by atoms with Crippen molar-refractivity contribution in [2.24, 2.45) is 0 Å². The zero-order valence-corrected chi connectivity index (χ0v) is 26.3. The van der Waals surface area contributed by atoms with E-state index in [1.165, 1.54) is 31.4 Å². The minimum Gasteiger partial charge on any atom is -0.480 e. The molecule has 0 aromatic heterocycles. The largest absolute Gasteiger partial charge is 0.480 e. The maximum absolute atomic E-state index is 13.1. The van der Waals surface area contributed by atoms with Gasteiger partial charge in [0.1, 0.15) is 19.2 Å². The summed E-state index contributed by atoms with van der Waals surface area (Å²) in [5, 5.41) is 14.7. The summed E-state index contributed by atoms with van der Waals surface area (Å²) in [7, 11) is 2.91. The third-order valence-corrected chi connectivity index (χ3v) is 10.3. The maximum atomic E-state index is 13.1. The minimum absolute atomic E-state index is 0.0792. The standard InChI is InChI=1S/C31H36N4O7S2/c1-20-12-13-25(28(39)32-20)35-17-23-22(29(35)40)10-7-11-24(23)33-30(41)42-19-31(2,3)44-43-15-14-26(36)34(18-27(37)38)16-21-8-5-4-6-9-21/h4-11,25H,1,12-19H2,2-3H3,(H,32,39)(H,33,41)(H,37,38). The number of amides is 4. The molecule has 13 heteroatoms. The molecule has 234 valence electrons. The number of aliphatic carboxylic acids is 1. The van der Waals surface area contributed by atoms with E-state index in [1.807, 2.05) is 44.2 Å². The number of ether oxygens (including phenoxy) is 1. The highest BCUT2D eigenvalue weighted by Crippen LogP contribution is 2.37. The monoisotopic (exact) mass is 640 g/mol. The third kappa shape index (κ3) is 8.79. The van der Waals surface area contributed by atoms with Gasteiger partial charge in [-0.3, -0.25) is 24.5 Å². The van der Waals surface area contributed by atoms with E-state index in [0.717, 1.165) is 5.56 Å². The molecule has 2 aromatic rings. The van der Waals surface area contributed by atoms with E-state index in [4.69, 9.17) is 4.74 Å². The van der Waals surface area contributed by atoms with Crippen molar-refractivity contribution in [2.75, 3.05) is 24.2 Å². The number of carboxylic acids is 1. The molecule has 1 unspecified atom stereocenters. The predicted octanol–water partition coefficient (Wildman–Crippen LogP) is 4.65. The molecule has 44 heavy (non-hydrogen) atoms. The second-order valence-electron chi connectivity index (χ2n) is 11.2. The van der Waals surface area contributed by atoms with Gasteiger partial charge in [-0.2, -0.15) is 0 Å². The summed E-state index contributed by atoms with van der Waals surface area (Å²) in [5.41, 5.74) is 3.00. The highest BCUT2D eigenvalue weighted by atomic mass is 33.1. The molecule has 2 aliphatic heterocycles. The average molecular weight is 641 g/mol. The van der Waals surface area contributed by atoms with Crippen LogP contribution in [0.1, 0.15) is 54.6 Å². The molecular weight excluding hydrogens is 604 g/mol. The van der Waals surface area contributed by atoms with Gasteiger partial charge in [0, 0.05) is 47.8 Å². The van der Waals surface area contributed by atoms with E-state index in [0.29, 0.717) is 41.1 Å². The molecule has 2 aromatic carbocycles. The number of anilines is 1. The number of carbonyl (C=O) groups excluding carboxylic acids is 4. The van der Waals surface area contributed by atoms with Crippen LogP contribution in [0.15, 0.2) is 60.8 Å².